The van der Waals surface area contributed by atoms with Gasteiger partial charge in [0.15, 0.2) is 0 Å². The fourth-order valence-electron chi connectivity index (χ4n) is 0.611. The van der Waals surface area contributed by atoms with E-state index < -0.39 is 0 Å². The third-order valence-electron chi connectivity index (χ3n) is 1.48. The van der Waals surface area contributed by atoms with Gasteiger partial charge in [-0.1, -0.05) is 48.6 Å². The first-order chi connectivity index (χ1) is 8.74. The Morgan fingerprint density at radius 1 is 0.556 bits per heavy atom. The Labute approximate surface area is 114 Å². The topological polar surface area (TPSA) is 18.5 Å². The number of allylic oxidation sites excluding steroid dienone is 8. The third-order valence-corrected chi connectivity index (χ3v) is 1.48. The Balaban J connectivity index is -0.000000187. The van der Waals surface area contributed by atoms with E-state index in [9.17, 15) is 0 Å². The molecule has 0 N–H and O–H groups in total. The Morgan fingerprint density at radius 2 is 0.778 bits per heavy atom. The van der Waals surface area contributed by atoms with E-state index in [-0.39, 0.29) is 0 Å². The van der Waals surface area contributed by atoms with Crippen molar-refractivity contribution in [3.05, 3.63) is 48.6 Å². The van der Waals surface area contributed by atoms with E-state index in [1.165, 1.54) is 0 Å². The maximum Gasteiger partial charge on any atom is 0.0696 e. The molecule has 0 rings (SSSR count). The van der Waals surface area contributed by atoms with E-state index in [2.05, 4.69) is 9.47 Å². The number of rotatable bonds is 5. The smallest absolute Gasteiger partial charge is 0.0696 e. The summed E-state index contributed by atoms with van der Waals surface area (Å²) in [4.78, 5) is 0. The summed E-state index contributed by atoms with van der Waals surface area (Å²) in [5.41, 5.74) is 0. The molecule has 0 aliphatic heterocycles. The molecule has 0 unspecified atom stereocenters. The van der Waals surface area contributed by atoms with E-state index in [0.717, 1.165) is 0 Å². The minimum atomic E-state index is 0.691. The van der Waals surface area contributed by atoms with Crippen LogP contribution in [0, 0.1) is 0 Å². The predicted molar refractivity (Wildman–Crippen MR) is 83.0 cm³/mol. The molecule has 2 heteroatoms. The molecule has 0 heterocycles. The molecule has 0 saturated carbocycles. The van der Waals surface area contributed by atoms with E-state index in [1.54, 1.807) is 14.2 Å². The second kappa shape index (κ2) is 29.7. The average Bonchev–Trinajstić information content (AvgIpc) is 2.42. The zero-order valence-electron chi connectivity index (χ0n) is 12.8. The van der Waals surface area contributed by atoms with Gasteiger partial charge in [0.1, 0.15) is 0 Å². The minimum Gasteiger partial charge on any atom is -0.382 e. The van der Waals surface area contributed by atoms with Gasteiger partial charge in [-0.05, 0) is 27.7 Å². The summed E-state index contributed by atoms with van der Waals surface area (Å²) < 4.78 is 9.31. The molecule has 18 heavy (non-hydrogen) atoms. The van der Waals surface area contributed by atoms with Crippen LogP contribution in [0.2, 0.25) is 0 Å². The summed E-state index contributed by atoms with van der Waals surface area (Å²) in [6.45, 7) is 9.38. The summed E-state index contributed by atoms with van der Waals surface area (Å²) in [5, 5.41) is 0. The molecule has 0 aromatic heterocycles. The molecular formula is C16H30O2. The fraction of sp³-hybridized carbons (Fsp3) is 0.500. The van der Waals surface area contributed by atoms with Crippen LogP contribution in [0.25, 0.3) is 0 Å². The Hall–Kier alpha value is -1.12. The first kappa shape index (κ1) is 22.1. The molecule has 0 saturated heterocycles. The van der Waals surface area contributed by atoms with Crippen LogP contribution in [0.1, 0.15) is 27.7 Å². The van der Waals surface area contributed by atoms with E-state index in [0.29, 0.717) is 13.2 Å². The van der Waals surface area contributed by atoms with Gasteiger partial charge in [0, 0.05) is 14.2 Å². The zero-order chi connectivity index (χ0) is 14.5. The average molecular weight is 254 g/mol. The van der Waals surface area contributed by atoms with Gasteiger partial charge in [-0.15, -0.1) is 0 Å². The fourth-order valence-corrected chi connectivity index (χ4v) is 0.611. The molecule has 0 spiro atoms. The van der Waals surface area contributed by atoms with Crippen LogP contribution in [-0.4, -0.2) is 27.4 Å². The van der Waals surface area contributed by atoms with Crippen molar-refractivity contribution in [1.82, 2.24) is 0 Å². The lowest BCUT2D eigenvalue weighted by molar-refractivity contribution is 0.103. The van der Waals surface area contributed by atoms with Crippen LogP contribution in [0.5, 0.6) is 0 Å². The van der Waals surface area contributed by atoms with Crippen LogP contribution >= 0.6 is 0 Å². The SMILES string of the molecule is C/C=C\C=C/C.C/C=C\C=C/C.COCCOC. The summed E-state index contributed by atoms with van der Waals surface area (Å²) in [6.07, 6.45) is 16.0. The largest absolute Gasteiger partial charge is 0.382 e. The zero-order valence-corrected chi connectivity index (χ0v) is 12.8. The molecule has 0 fully saturated rings. The maximum absolute atomic E-state index is 4.66. The van der Waals surface area contributed by atoms with Crippen LogP contribution in [0.3, 0.4) is 0 Å². The van der Waals surface area contributed by atoms with Crippen LogP contribution in [-0.2, 0) is 9.47 Å². The van der Waals surface area contributed by atoms with Crippen molar-refractivity contribution in [2.45, 2.75) is 27.7 Å². The van der Waals surface area contributed by atoms with Gasteiger partial charge in [-0.25, -0.2) is 0 Å². The molecule has 0 aliphatic rings. The highest BCUT2D eigenvalue weighted by Gasteiger charge is 1.73. The highest BCUT2D eigenvalue weighted by Crippen LogP contribution is 1.71. The van der Waals surface area contributed by atoms with E-state index in [1.807, 2.05) is 76.3 Å². The van der Waals surface area contributed by atoms with Crippen molar-refractivity contribution in [3.8, 4) is 0 Å². The molecule has 0 aliphatic carbocycles. The number of hydrogen-bond donors (Lipinski definition) is 0. The highest BCUT2D eigenvalue weighted by molar-refractivity contribution is 4.99. The van der Waals surface area contributed by atoms with Crippen LogP contribution < -0.4 is 0 Å². The highest BCUT2D eigenvalue weighted by atomic mass is 16.5. The number of methoxy groups -OCH3 is 2. The van der Waals surface area contributed by atoms with Crippen molar-refractivity contribution < 1.29 is 9.47 Å². The van der Waals surface area contributed by atoms with Crippen molar-refractivity contribution in [1.29, 1.82) is 0 Å². The lowest BCUT2D eigenvalue weighted by Gasteiger charge is -1.91. The van der Waals surface area contributed by atoms with E-state index >= 15 is 0 Å². The molecule has 0 atom stereocenters. The second-order valence-electron chi connectivity index (χ2n) is 3.09. The molecule has 0 bridgehead atoms. The monoisotopic (exact) mass is 254 g/mol. The van der Waals surface area contributed by atoms with Gasteiger partial charge in [0.05, 0.1) is 13.2 Å². The summed E-state index contributed by atoms with van der Waals surface area (Å²) >= 11 is 0. The van der Waals surface area contributed by atoms with Crippen LogP contribution in [0.4, 0.5) is 0 Å². The molecule has 106 valence electrons. The van der Waals surface area contributed by atoms with Gasteiger partial charge in [0.2, 0.25) is 0 Å². The Bertz CT molecular complexity index is 169. The van der Waals surface area contributed by atoms with Gasteiger partial charge >= 0.3 is 0 Å². The van der Waals surface area contributed by atoms with Crippen molar-refractivity contribution in [2.24, 2.45) is 0 Å². The van der Waals surface area contributed by atoms with Gasteiger partial charge in [0.25, 0.3) is 0 Å². The molecule has 0 aromatic carbocycles. The molecule has 0 amide bonds. The van der Waals surface area contributed by atoms with Crippen LogP contribution in [0.15, 0.2) is 48.6 Å². The maximum atomic E-state index is 4.66. The summed E-state index contributed by atoms with van der Waals surface area (Å²) in [7, 11) is 3.30. The molecule has 0 radical (unpaired) electrons. The summed E-state index contributed by atoms with van der Waals surface area (Å²) in [5.74, 6) is 0. The lowest BCUT2D eigenvalue weighted by atomic mass is 10.5. The first-order valence-electron chi connectivity index (χ1n) is 6.20. The van der Waals surface area contributed by atoms with Gasteiger partial charge in [-0.2, -0.15) is 0 Å². The lowest BCUT2D eigenvalue weighted by Crippen LogP contribution is -1.96. The first-order valence-corrected chi connectivity index (χ1v) is 6.20. The van der Waals surface area contributed by atoms with Crippen molar-refractivity contribution in [3.63, 3.8) is 0 Å². The normalized spacial score (nSPS) is 10.8. The molecular weight excluding hydrogens is 224 g/mol. The quantitative estimate of drug-likeness (QED) is 0.529. The summed E-state index contributed by atoms with van der Waals surface area (Å²) in [6, 6.07) is 0. The molecule has 0 aromatic rings. The standard InChI is InChI=1S/2C6H10.C4H10O2/c2*1-3-5-6-4-2;1-5-3-4-6-2/h2*3-6H,1-2H3;3-4H2,1-2H3/b2*5-3-,6-4-;. The van der Waals surface area contributed by atoms with Crippen molar-refractivity contribution >= 4 is 0 Å². The predicted octanol–water partition coefficient (Wildman–Crippen LogP) is 4.56. The Morgan fingerprint density at radius 3 is 0.889 bits per heavy atom. The third kappa shape index (κ3) is 46.2. The van der Waals surface area contributed by atoms with Gasteiger partial charge in [-0.3, -0.25) is 0 Å². The van der Waals surface area contributed by atoms with E-state index in [4.69, 9.17) is 0 Å². The minimum absolute atomic E-state index is 0.691. The second-order valence-corrected chi connectivity index (χ2v) is 3.09. The number of ether oxygens (including phenoxy) is 2. The molecule has 2 nitrogen and oxygen atoms in total. The van der Waals surface area contributed by atoms with Crippen molar-refractivity contribution in [2.75, 3.05) is 27.4 Å². The Kier molecular flexibility index (Phi) is 36.5. The van der Waals surface area contributed by atoms with Gasteiger partial charge < -0.3 is 9.47 Å². The number of hydrogen-bond acceptors (Lipinski definition) is 2.